The SMILES string of the molecule is Cc1ccc(C(=O)NCCNC(=O)NCc2ccccc2C)cc1F. The molecule has 3 amide bonds. The summed E-state index contributed by atoms with van der Waals surface area (Å²) in [5.74, 6) is -0.789. The zero-order chi connectivity index (χ0) is 18.2. The monoisotopic (exact) mass is 343 g/mol. The minimum atomic E-state index is -0.415. The lowest BCUT2D eigenvalue weighted by Gasteiger charge is -2.10. The molecule has 5 nitrogen and oxygen atoms in total. The number of hydrogen-bond donors (Lipinski definition) is 3. The van der Waals surface area contributed by atoms with Crippen molar-refractivity contribution in [2.45, 2.75) is 20.4 Å². The predicted octanol–water partition coefficient (Wildman–Crippen LogP) is 2.67. The number of hydrogen-bond acceptors (Lipinski definition) is 2. The highest BCUT2D eigenvalue weighted by Crippen LogP contribution is 2.09. The Kier molecular flexibility index (Phi) is 6.51. The Hall–Kier alpha value is -2.89. The van der Waals surface area contributed by atoms with Crippen LogP contribution < -0.4 is 16.0 Å². The molecule has 0 atom stereocenters. The van der Waals surface area contributed by atoms with Crippen LogP contribution >= 0.6 is 0 Å². The van der Waals surface area contributed by atoms with Crippen LogP contribution in [-0.4, -0.2) is 25.0 Å². The zero-order valence-corrected chi connectivity index (χ0v) is 14.4. The highest BCUT2D eigenvalue weighted by molar-refractivity contribution is 5.94. The van der Waals surface area contributed by atoms with Crippen molar-refractivity contribution >= 4 is 11.9 Å². The lowest BCUT2D eigenvalue weighted by molar-refractivity contribution is 0.0953. The van der Waals surface area contributed by atoms with E-state index in [2.05, 4.69) is 16.0 Å². The van der Waals surface area contributed by atoms with Gasteiger partial charge in [0.1, 0.15) is 5.82 Å². The molecule has 6 heteroatoms. The Balaban J connectivity index is 1.68. The van der Waals surface area contributed by atoms with Crippen LogP contribution in [0.25, 0.3) is 0 Å². The topological polar surface area (TPSA) is 70.2 Å². The lowest BCUT2D eigenvalue weighted by atomic mass is 10.1. The summed E-state index contributed by atoms with van der Waals surface area (Å²) in [5.41, 5.74) is 2.91. The van der Waals surface area contributed by atoms with Gasteiger partial charge < -0.3 is 16.0 Å². The van der Waals surface area contributed by atoms with Crippen molar-refractivity contribution in [1.29, 1.82) is 0 Å². The van der Waals surface area contributed by atoms with Crippen LogP contribution in [0.15, 0.2) is 42.5 Å². The molecule has 0 radical (unpaired) electrons. The molecule has 3 N–H and O–H groups in total. The molecule has 0 fully saturated rings. The van der Waals surface area contributed by atoms with Crippen molar-refractivity contribution in [2.24, 2.45) is 0 Å². The van der Waals surface area contributed by atoms with Gasteiger partial charge in [0.15, 0.2) is 0 Å². The fourth-order valence-corrected chi connectivity index (χ4v) is 2.23. The average molecular weight is 343 g/mol. The van der Waals surface area contributed by atoms with Crippen molar-refractivity contribution < 1.29 is 14.0 Å². The molecule has 0 bridgehead atoms. The van der Waals surface area contributed by atoms with E-state index in [1.54, 1.807) is 19.1 Å². The summed E-state index contributed by atoms with van der Waals surface area (Å²) in [4.78, 5) is 23.6. The smallest absolute Gasteiger partial charge is 0.315 e. The standard InChI is InChI=1S/C19H22FN3O2/c1-13-5-3-4-6-16(13)12-23-19(25)22-10-9-21-18(24)15-8-7-14(2)17(20)11-15/h3-8,11H,9-10,12H2,1-2H3,(H,21,24)(H2,22,23,25). The lowest BCUT2D eigenvalue weighted by Crippen LogP contribution is -2.40. The number of halogens is 1. The molecule has 0 aliphatic heterocycles. The van der Waals surface area contributed by atoms with E-state index in [1.165, 1.54) is 6.07 Å². The minimum absolute atomic E-state index is 0.256. The highest BCUT2D eigenvalue weighted by Gasteiger charge is 2.08. The van der Waals surface area contributed by atoms with E-state index in [-0.39, 0.29) is 30.6 Å². The fraction of sp³-hybridized carbons (Fsp3) is 0.263. The van der Waals surface area contributed by atoms with Crippen molar-refractivity contribution in [3.63, 3.8) is 0 Å². The van der Waals surface area contributed by atoms with E-state index < -0.39 is 5.82 Å². The van der Waals surface area contributed by atoms with Crippen molar-refractivity contribution in [3.8, 4) is 0 Å². The molecule has 0 spiro atoms. The maximum Gasteiger partial charge on any atom is 0.315 e. The Morgan fingerprint density at radius 1 is 0.920 bits per heavy atom. The van der Waals surface area contributed by atoms with Crippen LogP contribution in [0.4, 0.5) is 9.18 Å². The third kappa shape index (κ3) is 5.60. The van der Waals surface area contributed by atoms with Gasteiger partial charge in [-0.25, -0.2) is 9.18 Å². The van der Waals surface area contributed by atoms with E-state index in [0.717, 1.165) is 11.1 Å². The third-order valence-corrected chi connectivity index (χ3v) is 3.83. The minimum Gasteiger partial charge on any atom is -0.350 e. The Morgan fingerprint density at radius 2 is 1.64 bits per heavy atom. The molecule has 2 aromatic carbocycles. The van der Waals surface area contributed by atoms with E-state index in [9.17, 15) is 14.0 Å². The summed E-state index contributed by atoms with van der Waals surface area (Å²) in [6, 6.07) is 11.8. The second-order valence-electron chi connectivity index (χ2n) is 5.76. The summed E-state index contributed by atoms with van der Waals surface area (Å²) in [7, 11) is 0. The van der Waals surface area contributed by atoms with Gasteiger partial charge in [0.25, 0.3) is 5.91 Å². The van der Waals surface area contributed by atoms with Crippen molar-refractivity contribution in [1.82, 2.24) is 16.0 Å². The third-order valence-electron chi connectivity index (χ3n) is 3.83. The van der Waals surface area contributed by atoms with E-state index in [1.807, 2.05) is 31.2 Å². The van der Waals surface area contributed by atoms with Crippen LogP contribution in [-0.2, 0) is 6.54 Å². The van der Waals surface area contributed by atoms with Gasteiger partial charge in [0.2, 0.25) is 0 Å². The first-order chi connectivity index (χ1) is 12.0. The summed E-state index contributed by atoms with van der Waals surface area (Å²) in [6.45, 7) is 4.59. The van der Waals surface area contributed by atoms with Gasteiger partial charge in [-0.15, -0.1) is 0 Å². The largest absolute Gasteiger partial charge is 0.350 e. The first kappa shape index (κ1) is 18.4. The Morgan fingerprint density at radius 3 is 2.36 bits per heavy atom. The van der Waals surface area contributed by atoms with Crippen LogP contribution in [0, 0.1) is 19.7 Å². The van der Waals surface area contributed by atoms with Gasteiger partial charge in [-0.2, -0.15) is 0 Å². The van der Waals surface area contributed by atoms with Crippen molar-refractivity contribution in [3.05, 3.63) is 70.5 Å². The Bertz CT molecular complexity index is 762. The number of carbonyl (C=O) groups is 2. The van der Waals surface area contributed by atoms with Crippen LogP contribution in [0.2, 0.25) is 0 Å². The van der Waals surface area contributed by atoms with Crippen LogP contribution in [0.1, 0.15) is 27.0 Å². The summed E-state index contributed by atoms with van der Waals surface area (Å²) < 4.78 is 13.4. The Labute approximate surface area is 146 Å². The normalized spacial score (nSPS) is 10.2. The van der Waals surface area contributed by atoms with Gasteiger partial charge in [-0.1, -0.05) is 30.3 Å². The average Bonchev–Trinajstić information content (AvgIpc) is 2.60. The van der Waals surface area contributed by atoms with Gasteiger partial charge in [-0.05, 0) is 42.7 Å². The van der Waals surface area contributed by atoms with E-state index in [4.69, 9.17) is 0 Å². The molecule has 0 saturated carbocycles. The molecule has 0 aromatic heterocycles. The summed E-state index contributed by atoms with van der Waals surface area (Å²) in [6.07, 6.45) is 0. The molecule has 0 unspecified atom stereocenters. The molecule has 2 rings (SSSR count). The van der Waals surface area contributed by atoms with Gasteiger partial charge >= 0.3 is 6.03 Å². The maximum absolute atomic E-state index is 13.4. The fourth-order valence-electron chi connectivity index (χ4n) is 2.23. The first-order valence-corrected chi connectivity index (χ1v) is 8.08. The van der Waals surface area contributed by atoms with Gasteiger partial charge in [0.05, 0.1) is 0 Å². The van der Waals surface area contributed by atoms with E-state index >= 15 is 0 Å². The summed E-state index contributed by atoms with van der Waals surface area (Å²) >= 11 is 0. The number of urea groups is 1. The van der Waals surface area contributed by atoms with E-state index in [0.29, 0.717) is 12.1 Å². The maximum atomic E-state index is 13.4. The highest BCUT2D eigenvalue weighted by atomic mass is 19.1. The van der Waals surface area contributed by atoms with Crippen molar-refractivity contribution in [2.75, 3.05) is 13.1 Å². The number of carbonyl (C=O) groups excluding carboxylic acids is 2. The predicted molar refractivity (Wildman–Crippen MR) is 94.9 cm³/mol. The van der Waals surface area contributed by atoms with Gasteiger partial charge in [-0.3, -0.25) is 4.79 Å². The van der Waals surface area contributed by atoms with Crippen LogP contribution in [0.3, 0.4) is 0 Å². The number of amides is 3. The van der Waals surface area contributed by atoms with Gasteiger partial charge in [0, 0.05) is 25.2 Å². The molecule has 0 aliphatic carbocycles. The molecule has 0 aliphatic rings. The second-order valence-corrected chi connectivity index (χ2v) is 5.76. The molecule has 0 heterocycles. The quantitative estimate of drug-likeness (QED) is 0.706. The first-order valence-electron chi connectivity index (χ1n) is 8.08. The molecule has 2 aromatic rings. The second kappa shape index (κ2) is 8.82. The molecule has 25 heavy (non-hydrogen) atoms. The number of aryl methyl sites for hydroxylation is 2. The molecular formula is C19H22FN3O2. The number of nitrogens with one attached hydrogen (secondary N) is 3. The molecule has 0 saturated heterocycles. The van der Waals surface area contributed by atoms with Crippen LogP contribution in [0.5, 0.6) is 0 Å². The number of rotatable bonds is 6. The number of benzene rings is 2. The molecular weight excluding hydrogens is 321 g/mol. The zero-order valence-electron chi connectivity index (χ0n) is 14.4. The molecule has 132 valence electrons. The summed E-state index contributed by atoms with van der Waals surface area (Å²) in [5, 5.41) is 8.06.